The number of ether oxygens (including phenoxy) is 2. The molecule has 0 unspecified atom stereocenters. The number of nitrogens with two attached hydrogens (primary N) is 1. The van der Waals surface area contributed by atoms with Crippen LogP contribution in [0.1, 0.15) is 10.4 Å². The minimum absolute atomic E-state index is 0.0102. The Morgan fingerprint density at radius 2 is 1.64 bits per heavy atom. The fourth-order valence-corrected chi connectivity index (χ4v) is 2.93. The third-order valence-corrected chi connectivity index (χ3v) is 4.47. The zero-order chi connectivity index (χ0) is 18.4. The molecule has 0 radical (unpaired) electrons. The highest BCUT2D eigenvalue weighted by molar-refractivity contribution is 7.92. The van der Waals surface area contributed by atoms with Gasteiger partial charge in [-0.3, -0.25) is 9.52 Å². The summed E-state index contributed by atoms with van der Waals surface area (Å²) in [7, 11) is -2.55. The van der Waals surface area contributed by atoms with Gasteiger partial charge < -0.3 is 15.2 Å². The van der Waals surface area contributed by atoms with E-state index in [4.69, 9.17) is 10.5 Å². The number of carbonyl (C=O) groups excluding carboxylic acids is 2. The number of hydrogen-bond acceptors (Lipinski definition) is 6. The van der Waals surface area contributed by atoms with Gasteiger partial charge in [0.1, 0.15) is 5.75 Å². The maximum absolute atomic E-state index is 12.3. The average Bonchev–Trinajstić information content (AvgIpc) is 2.60. The summed E-state index contributed by atoms with van der Waals surface area (Å²) in [4.78, 5) is 22.0. The summed E-state index contributed by atoms with van der Waals surface area (Å²) in [5, 5.41) is 0. The first-order valence-electron chi connectivity index (χ1n) is 7.04. The van der Waals surface area contributed by atoms with Crippen molar-refractivity contribution in [2.24, 2.45) is 5.73 Å². The Morgan fingerprint density at radius 3 is 2.16 bits per heavy atom. The molecule has 0 spiro atoms. The third-order valence-electron chi connectivity index (χ3n) is 3.07. The van der Waals surface area contributed by atoms with E-state index < -0.39 is 21.9 Å². The van der Waals surface area contributed by atoms with E-state index in [9.17, 15) is 18.0 Å². The minimum atomic E-state index is -3.81. The standard InChI is InChI=1S/C16H16N2O6S/c1-23-16(20)11-2-4-12(5-3-11)18-25(21,22)14-8-6-13(7-9-14)24-10-15(17)19/h2-9,18H,10H2,1H3,(H2,17,19). The molecule has 8 nitrogen and oxygen atoms in total. The van der Waals surface area contributed by atoms with Gasteiger partial charge in [0.15, 0.2) is 6.61 Å². The van der Waals surface area contributed by atoms with Gasteiger partial charge in [-0.25, -0.2) is 13.2 Å². The van der Waals surface area contributed by atoms with Gasteiger partial charge in [-0.15, -0.1) is 0 Å². The van der Waals surface area contributed by atoms with Crippen LogP contribution in [0.15, 0.2) is 53.4 Å². The Labute approximate surface area is 144 Å². The van der Waals surface area contributed by atoms with Gasteiger partial charge >= 0.3 is 5.97 Å². The van der Waals surface area contributed by atoms with Crippen molar-refractivity contribution >= 4 is 27.6 Å². The topological polar surface area (TPSA) is 125 Å². The predicted octanol–water partition coefficient (Wildman–Crippen LogP) is 1.14. The van der Waals surface area contributed by atoms with Gasteiger partial charge in [-0.1, -0.05) is 0 Å². The average molecular weight is 364 g/mol. The van der Waals surface area contributed by atoms with Crippen LogP contribution in [-0.2, 0) is 19.6 Å². The Hall–Kier alpha value is -3.07. The lowest BCUT2D eigenvalue weighted by Gasteiger charge is -2.09. The van der Waals surface area contributed by atoms with Gasteiger partial charge in [0.25, 0.3) is 15.9 Å². The molecule has 0 saturated heterocycles. The lowest BCUT2D eigenvalue weighted by molar-refractivity contribution is -0.119. The number of rotatable bonds is 7. The van der Waals surface area contributed by atoms with Crippen molar-refractivity contribution in [1.82, 2.24) is 0 Å². The number of esters is 1. The maximum Gasteiger partial charge on any atom is 0.337 e. The summed E-state index contributed by atoms with van der Waals surface area (Å²) < 4.78 is 36.7. The van der Waals surface area contributed by atoms with E-state index in [0.29, 0.717) is 17.0 Å². The molecule has 0 fully saturated rings. The first-order valence-corrected chi connectivity index (χ1v) is 8.52. The number of primary amides is 1. The van der Waals surface area contributed by atoms with Crippen molar-refractivity contribution in [3.8, 4) is 5.75 Å². The Balaban J connectivity index is 2.10. The number of nitrogens with one attached hydrogen (secondary N) is 1. The smallest absolute Gasteiger partial charge is 0.337 e. The Bertz CT molecular complexity index is 861. The number of sulfonamides is 1. The normalized spacial score (nSPS) is 10.8. The molecule has 0 aliphatic rings. The Kier molecular flexibility index (Phi) is 5.60. The van der Waals surface area contributed by atoms with Crippen molar-refractivity contribution in [3.63, 3.8) is 0 Å². The lowest BCUT2D eigenvalue weighted by atomic mass is 10.2. The second-order valence-corrected chi connectivity index (χ2v) is 6.58. The first-order chi connectivity index (χ1) is 11.8. The predicted molar refractivity (Wildman–Crippen MR) is 89.7 cm³/mol. The van der Waals surface area contributed by atoms with E-state index in [-0.39, 0.29) is 11.5 Å². The van der Waals surface area contributed by atoms with Crippen molar-refractivity contribution in [2.45, 2.75) is 4.90 Å². The fourth-order valence-electron chi connectivity index (χ4n) is 1.88. The number of amides is 1. The molecular formula is C16H16N2O6S. The molecule has 0 aliphatic heterocycles. The zero-order valence-electron chi connectivity index (χ0n) is 13.3. The molecule has 0 aromatic heterocycles. The maximum atomic E-state index is 12.3. The fraction of sp³-hybridized carbons (Fsp3) is 0.125. The molecule has 0 bridgehead atoms. The van der Waals surface area contributed by atoms with E-state index in [1.54, 1.807) is 0 Å². The van der Waals surface area contributed by atoms with Gasteiger partial charge in [0.05, 0.1) is 17.6 Å². The van der Waals surface area contributed by atoms with Crippen LogP contribution in [0.5, 0.6) is 5.75 Å². The molecule has 132 valence electrons. The van der Waals surface area contributed by atoms with Crippen LogP contribution >= 0.6 is 0 Å². The monoisotopic (exact) mass is 364 g/mol. The molecule has 2 aromatic rings. The van der Waals surface area contributed by atoms with Crippen molar-refractivity contribution in [3.05, 3.63) is 54.1 Å². The molecule has 1 amide bonds. The van der Waals surface area contributed by atoms with Crippen molar-refractivity contribution < 1.29 is 27.5 Å². The number of anilines is 1. The van der Waals surface area contributed by atoms with Crippen molar-refractivity contribution in [2.75, 3.05) is 18.4 Å². The summed E-state index contributed by atoms with van der Waals surface area (Å²) >= 11 is 0. The molecule has 0 atom stereocenters. The van der Waals surface area contributed by atoms with E-state index in [1.165, 1.54) is 55.6 Å². The lowest BCUT2D eigenvalue weighted by Crippen LogP contribution is -2.20. The van der Waals surface area contributed by atoms with E-state index in [2.05, 4.69) is 9.46 Å². The second-order valence-electron chi connectivity index (χ2n) is 4.90. The van der Waals surface area contributed by atoms with Gasteiger partial charge in [-0.05, 0) is 48.5 Å². The van der Waals surface area contributed by atoms with Gasteiger partial charge in [-0.2, -0.15) is 0 Å². The Morgan fingerprint density at radius 1 is 1.04 bits per heavy atom. The molecule has 0 saturated carbocycles. The minimum Gasteiger partial charge on any atom is -0.484 e. The first kappa shape index (κ1) is 18.3. The summed E-state index contributed by atoms with van der Waals surface area (Å²) in [5.41, 5.74) is 5.56. The zero-order valence-corrected chi connectivity index (χ0v) is 14.1. The number of carbonyl (C=O) groups is 2. The van der Waals surface area contributed by atoms with Gasteiger partial charge in [0.2, 0.25) is 0 Å². The van der Waals surface area contributed by atoms with Crippen LogP contribution in [0.3, 0.4) is 0 Å². The highest BCUT2D eigenvalue weighted by Gasteiger charge is 2.15. The van der Waals surface area contributed by atoms with Gasteiger partial charge in [0, 0.05) is 5.69 Å². The number of methoxy groups -OCH3 is 1. The second kappa shape index (κ2) is 7.67. The van der Waals surface area contributed by atoms with E-state index in [1.807, 2.05) is 0 Å². The summed E-state index contributed by atoms with van der Waals surface area (Å²) in [5.74, 6) is -0.824. The summed E-state index contributed by atoms with van der Waals surface area (Å²) in [6, 6.07) is 11.3. The van der Waals surface area contributed by atoms with Crippen LogP contribution in [0.4, 0.5) is 5.69 Å². The molecule has 2 aromatic carbocycles. The molecule has 0 aliphatic carbocycles. The highest BCUT2D eigenvalue weighted by Crippen LogP contribution is 2.20. The summed E-state index contributed by atoms with van der Waals surface area (Å²) in [6.07, 6.45) is 0. The largest absolute Gasteiger partial charge is 0.484 e. The molecule has 9 heteroatoms. The number of benzene rings is 2. The highest BCUT2D eigenvalue weighted by atomic mass is 32.2. The molecule has 0 heterocycles. The SMILES string of the molecule is COC(=O)c1ccc(NS(=O)(=O)c2ccc(OCC(N)=O)cc2)cc1. The van der Waals surface area contributed by atoms with Crippen LogP contribution < -0.4 is 15.2 Å². The molecular weight excluding hydrogens is 348 g/mol. The number of hydrogen-bond donors (Lipinski definition) is 2. The molecule has 3 N–H and O–H groups in total. The van der Waals surface area contributed by atoms with Crippen LogP contribution in [-0.4, -0.2) is 34.0 Å². The van der Waals surface area contributed by atoms with Crippen LogP contribution in [0.2, 0.25) is 0 Å². The van der Waals surface area contributed by atoms with Crippen LogP contribution in [0.25, 0.3) is 0 Å². The third kappa shape index (κ3) is 4.95. The van der Waals surface area contributed by atoms with E-state index in [0.717, 1.165) is 0 Å². The quantitative estimate of drug-likeness (QED) is 0.710. The van der Waals surface area contributed by atoms with Crippen LogP contribution in [0, 0.1) is 0 Å². The molecule has 25 heavy (non-hydrogen) atoms. The molecule has 2 rings (SSSR count). The summed E-state index contributed by atoms with van der Waals surface area (Å²) in [6.45, 7) is -0.295. The van der Waals surface area contributed by atoms with E-state index >= 15 is 0 Å². The van der Waals surface area contributed by atoms with Crippen molar-refractivity contribution in [1.29, 1.82) is 0 Å².